The number of nitrogens with zero attached hydrogens (tertiary/aromatic N) is 1. The van der Waals surface area contributed by atoms with E-state index in [1.165, 1.54) is 141 Å². The van der Waals surface area contributed by atoms with E-state index in [1.807, 2.05) is 0 Å². The molecule has 0 saturated carbocycles. The number of hydrogen-bond donors (Lipinski definition) is 1. The molecule has 0 aliphatic carbocycles. The van der Waals surface area contributed by atoms with Gasteiger partial charge in [-0.25, -0.2) is 4.79 Å². The summed E-state index contributed by atoms with van der Waals surface area (Å²) in [6.45, 7) is 6.63. The standard InChI is InChI=1S/C30H61NO3/c1-3-5-7-9-11-13-15-17-19-21-23-25-27-31(29-30(32)34-33)28-26-24-22-20-18-16-14-12-10-8-6-4-2/h33H,3-29H2,1-2H3. The van der Waals surface area contributed by atoms with Crippen LogP contribution in [0.3, 0.4) is 0 Å². The SMILES string of the molecule is CCCCCCCCCCCCCCN(CCCCCCCCCCCCCC)CC(=O)OO. The molecule has 0 aliphatic rings. The van der Waals surface area contributed by atoms with E-state index in [-0.39, 0.29) is 6.54 Å². The fourth-order valence-corrected chi connectivity index (χ4v) is 4.83. The third-order valence-corrected chi connectivity index (χ3v) is 7.11. The van der Waals surface area contributed by atoms with Gasteiger partial charge in [-0.2, -0.15) is 5.26 Å². The smallest absolute Gasteiger partial charge is 0.300 e. The number of hydrogen-bond acceptors (Lipinski definition) is 4. The quantitative estimate of drug-likeness (QED) is 0.0683. The van der Waals surface area contributed by atoms with Crippen LogP contribution in [0.2, 0.25) is 0 Å². The van der Waals surface area contributed by atoms with Gasteiger partial charge in [0.1, 0.15) is 6.54 Å². The molecule has 0 spiro atoms. The van der Waals surface area contributed by atoms with Crippen LogP contribution in [0.25, 0.3) is 0 Å². The summed E-state index contributed by atoms with van der Waals surface area (Å²) in [5.41, 5.74) is 0. The third kappa shape index (κ3) is 26.0. The highest BCUT2D eigenvalue weighted by molar-refractivity contribution is 5.70. The van der Waals surface area contributed by atoms with Crippen molar-refractivity contribution < 1.29 is 14.9 Å². The van der Waals surface area contributed by atoms with Crippen LogP contribution in [0, 0.1) is 0 Å². The van der Waals surface area contributed by atoms with E-state index < -0.39 is 5.97 Å². The molecule has 0 aromatic carbocycles. The summed E-state index contributed by atoms with van der Waals surface area (Å²) in [4.78, 5) is 17.6. The lowest BCUT2D eigenvalue weighted by molar-refractivity contribution is -0.235. The molecule has 0 fully saturated rings. The highest BCUT2D eigenvalue weighted by atomic mass is 17.1. The van der Waals surface area contributed by atoms with E-state index in [9.17, 15) is 4.79 Å². The van der Waals surface area contributed by atoms with Gasteiger partial charge >= 0.3 is 5.97 Å². The highest BCUT2D eigenvalue weighted by Crippen LogP contribution is 2.14. The maximum atomic E-state index is 11.5. The number of carbonyl (C=O) groups is 1. The average Bonchev–Trinajstić information content (AvgIpc) is 2.84. The van der Waals surface area contributed by atoms with Crippen LogP contribution in [0.15, 0.2) is 0 Å². The molecule has 0 unspecified atom stereocenters. The number of unbranched alkanes of at least 4 members (excludes halogenated alkanes) is 22. The average molecular weight is 484 g/mol. The Bertz CT molecular complexity index is 375. The molecule has 0 aliphatic heterocycles. The van der Waals surface area contributed by atoms with Crippen molar-refractivity contribution in [3.05, 3.63) is 0 Å². The van der Waals surface area contributed by atoms with Crippen molar-refractivity contribution in [3.63, 3.8) is 0 Å². The fraction of sp³-hybridized carbons (Fsp3) is 0.967. The Morgan fingerprint density at radius 2 is 0.765 bits per heavy atom. The van der Waals surface area contributed by atoms with Gasteiger partial charge in [0.25, 0.3) is 0 Å². The molecule has 4 nitrogen and oxygen atoms in total. The maximum absolute atomic E-state index is 11.5. The Morgan fingerprint density at radius 3 is 1.03 bits per heavy atom. The molecule has 4 heteroatoms. The van der Waals surface area contributed by atoms with Crippen LogP contribution >= 0.6 is 0 Å². The molecule has 34 heavy (non-hydrogen) atoms. The Kier molecular flexibility index (Phi) is 28.1. The Balaban J connectivity index is 3.63. The van der Waals surface area contributed by atoms with Crippen LogP contribution in [0.4, 0.5) is 0 Å². The second-order valence-electron chi connectivity index (χ2n) is 10.5. The second-order valence-corrected chi connectivity index (χ2v) is 10.5. The minimum atomic E-state index is -0.530. The molecule has 0 atom stereocenters. The number of rotatable bonds is 28. The summed E-state index contributed by atoms with van der Waals surface area (Å²) >= 11 is 0. The summed E-state index contributed by atoms with van der Waals surface area (Å²) in [7, 11) is 0. The Hall–Kier alpha value is -0.610. The van der Waals surface area contributed by atoms with Crippen LogP contribution in [-0.4, -0.2) is 35.8 Å². The minimum absolute atomic E-state index is 0.215. The van der Waals surface area contributed by atoms with E-state index in [0.29, 0.717) is 0 Å². The van der Waals surface area contributed by atoms with Gasteiger partial charge in [-0.15, -0.1) is 0 Å². The topological polar surface area (TPSA) is 49.8 Å². The first kappa shape index (κ1) is 33.4. The van der Waals surface area contributed by atoms with E-state index in [1.54, 1.807) is 0 Å². The van der Waals surface area contributed by atoms with Crippen molar-refractivity contribution in [2.75, 3.05) is 19.6 Å². The first-order valence-corrected chi connectivity index (χ1v) is 15.3. The highest BCUT2D eigenvalue weighted by Gasteiger charge is 2.11. The Labute approximate surface area is 213 Å². The van der Waals surface area contributed by atoms with E-state index in [0.717, 1.165) is 25.9 Å². The van der Waals surface area contributed by atoms with Gasteiger partial charge in [0.2, 0.25) is 0 Å². The largest absolute Gasteiger partial charge is 0.355 e. The predicted molar refractivity (Wildman–Crippen MR) is 147 cm³/mol. The summed E-state index contributed by atoms with van der Waals surface area (Å²) in [6.07, 6.45) is 32.3. The lowest BCUT2D eigenvalue weighted by Gasteiger charge is -2.20. The molecular formula is C30H61NO3. The van der Waals surface area contributed by atoms with Crippen molar-refractivity contribution in [1.29, 1.82) is 0 Å². The van der Waals surface area contributed by atoms with Crippen molar-refractivity contribution in [2.24, 2.45) is 0 Å². The van der Waals surface area contributed by atoms with Crippen molar-refractivity contribution in [2.45, 2.75) is 168 Å². The van der Waals surface area contributed by atoms with Crippen molar-refractivity contribution in [3.8, 4) is 0 Å². The first-order valence-electron chi connectivity index (χ1n) is 15.3. The monoisotopic (exact) mass is 483 g/mol. The lowest BCUT2D eigenvalue weighted by Crippen LogP contribution is -2.32. The molecule has 0 amide bonds. The molecular weight excluding hydrogens is 422 g/mol. The molecule has 0 aromatic heterocycles. The van der Waals surface area contributed by atoms with Gasteiger partial charge in [0.05, 0.1) is 0 Å². The Morgan fingerprint density at radius 1 is 0.500 bits per heavy atom. The molecule has 1 N–H and O–H groups in total. The van der Waals surface area contributed by atoms with Crippen molar-refractivity contribution >= 4 is 5.97 Å². The molecule has 0 heterocycles. The van der Waals surface area contributed by atoms with Crippen LogP contribution < -0.4 is 0 Å². The van der Waals surface area contributed by atoms with Gasteiger partial charge < -0.3 is 0 Å². The summed E-state index contributed by atoms with van der Waals surface area (Å²) in [6, 6.07) is 0. The first-order chi connectivity index (χ1) is 16.7. The normalized spacial score (nSPS) is 11.4. The molecule has 0 bridgehead atoms. The zero-order valence-electron chi connectivity index (χ0n) is 23.3. The predicted octanol–water partition coefficient (Wildman–Crippen LogP) is 9.71. The zero-order valence-corrected chi connectivity index (χ0v) is 23.3. The second kappa shape index (κ2) is 28.6. The summed E-state index contributed by atoms with van der Waals surface area (Å²) in [5, 5.41) is 8.65. The lowest BCUT2D eigenvalue weighted by atomic mass is 10.0. The van der Waals surface area contributed by atoms with E-state index in [2.05, 4.69) is 23.6 Å². The summed E-state index contributed by atoms with van der Waals surface area (Å²) < 4.78 is 0. The van der Waals surface area contributed by atoms with Crippen LogP contribution in [-0.2, 0) is 9.68 Å². The third-order valence-electron chi connectivity index (χ3n) is 7.11. The van der Waals surface area contributed by atoms with Gasteiger partial charge in [-0.1, -0.05) is 155 Å². The van der Waals surface area contributed by atoms with E-state index in [4.69, 9.17) is 5.26 Å². The van der Waals surface area contributed by atoms with Crippen LogP contribution in [0.1, 0.15) is 168 Å². The van der Waals surface area contributed by atoms with Gasteiger partial charge in [-0.3, -0.25) is 9.79 Å². The fourth-order valence-electron chi connectivity index (χ4n) is 4.83. The maximum Gasteiger partial charge on any atom is 0.355 e. The molecule has 0 radical (unpaired) electrons. The molecule has 0 aromatic rings. The minimum Gasteiger partial charge on any atom is -0.300 e. The van der Waals surface area contributed by atoms with Gasteiger partial charge in [-0.05, 0) is 25.9 Å². The van der Waals surface area contributed by atoms with Gasteiger partial charge in [0, 0.05) is 0 Å². The molecule has 0 saturated heterocycles. The van der Waals surface area contributed by atoms with Gasteiger partial charge in [0.15, 0.2) is 0 Å². The molecule has 0 rings (SSSR count). The van der Waals surface area contributed by atoms with Crippen molar-refractivity contribution in [1.82, 2.24) is 4.90 Å². The van der Waals surface area contributed by atoms with E-state index >= 15 is 0 Å². The summed E-state index contributed by atoms with van der Waals surface area (Å²) in [5.74, 6) is -0.530. The zero-order chi connectivity index (χ0) is 25.0. The number of carbonyl (C=O) groups excluding carboxylic acids is 1. The molecule has 204 valence electrons. The van der Waals surface area contributed by atoms with Crippen LogP contribution in [0.5, 0.6) is 0 Å².